The minimum Gasteiger partial charge on any atom is -0.506 e. The van der Waals surface area contributed by atoms with E-state index < -0.39 is 35.2 Å². The molecule has 4 rings (SSSR count). The van der Waals surface area contributed by atoms with Gasteiger partial charge < -0.3 is 29.5 Å². The number of allylic oxidation sites excluding steroid dienone is 2. The summed E-state index contributed by atoms with van der Waals surface area (Å²) in [5, 5.41) is 32.4. The molecule has 0 saturated heterocycles. The van der Waals surface area contributed by atoms with Crippen molar-refractivity contribution in [2.75, 3.05) is 6.26 Å². The highest BCUT2D eigenvalue weighted by atomic mass is 79.9. The van der Waals surface area contributed by atoms with E-state index in [0.29, 0.717) is 45.4 Å². The maximum atomic E-state index is 13.8. The van der Waals surface area contributed by atoms with E-state index in [9.17, 15) is 39.3 Å². The highest BCUT2D eigenvalue weighted by molar-refractivity contribution is 9.10. The van der Waals surface area contributed by atoms with Crippen LogP contribution in [0.4, 0.5) is 0 Å². The van der Waals surface area contributed by atoms with Gasteiger partial charge in [0.2, 0.25) is 5.60 Å². The summed E-state index contributed by atoms with van der Waals surface area (Å²) in [6.45, 7) is 16.5. The summed E-state index contributed by atoms with van der Waals surface area (Å²) in [6, 6.07) is 1.54. The van der Waals surface area contributed by atoms with E-state index in [0.717, 1.165) is 23.9 Å². The molecule has 3 aromatic carbocycles. The molecule has 1 aliphatic rings. The van der Waals surface area contributed by atoms with Crippen molar-refractivity contribution in [1.82, 2.24) is 0 Å². The number of esters is 3. The number of rotatable bonds is 9. The molecule has 0 amide bonds. The second-order valence-corrected chi connectivity index (χ2v) is 14.6. The molecule has 0 fully saturated rings. The van der Waals surface area contributed by atoms with E-state index in [-0.39, 0.29) is 65.8 Å². The number of carboxylic acid groups (broad SMARTS) is 1. The Morgan fingerprint density at radius 3 is 1.81 bits per heavy atom. The molecule has 0 unspecified atom stereocenters. The molecule has 0 aliphatic heterocycles. The summed E-state index contributed by atoms with van der Waals surface area (Å²) in [6.07, 6.45) is 4.25. The van der Waals surface area contributed by atoms with Crippen LogP contribution in [0.1, 0.15) is 95.0 Å². The molecule has 0 spiro atoms. The Balaban J connectivity index is 1.69. The van der Waals surface area contributed by atoms with Crippen molar-refractivity contribution in [2.45, 2.75) is 81.3 Å². The predicted octanol–water partition coefficient (Wildman–Crippen LogP) is 7.73. The number of aromatic hydroxyl groups is 1. The lowest BCUT2D eigenvalue weighted by Gasteiger charge is -2.31. The van der Waals surface area contributed by atoms with Crippen LogP contribution in [-0.2, 0) is 16.0 Å². The van der Waals surface area contributed by atoms with Gasteiger partial charge in [-0.05, 0) is 165 Å². The van der Waals surface area contributed by atoms with E-state index in [1.54, 1.807) is 54.7 Å². The van der Waals surface area contributed by atoms with Crippen molar-refractivity contribution >= 4 is 57.4 Å². The average molecular weight is 810 g/mol. The van der Waals surface area contributed by atoms with Crippen LogP contribution < -0.4 is 14.2 Å². The van der Waals surface area contributed by atoms with Crippen LogP contribution in [0.25, 0.3) is 0 Å². The fourth-order valence-corrected chi connectivity index (χ4v) is 7.94. The van der Waals surface area contributed by atoms with Gasteiger partial charge in [-0.15, -0.1) is 11.8 Å². The van der Waals surface area contributed by atoms with Gasteiger partial charge in [0.15, 0.2) is 11.5 Å². The van der Waals surface area contributed by atoms with Crippen molar-refractivity contribution in [2.24, 2.45) is 0 Å². The zero-order valence-corrected chi connectivity index (χ0v) is 33.7. The number of aryl methyl sites for hydroxylation is 1. The van der Waals surface area contributed by atoms with Gasteiger partial charge in [-0.2, -0.15) is 0 Å². The zero-order valence-electron chi connectivity index (χ0n) is 31.3. The summed E-state index contributed by atoms with van der Waals surface area (Å²) >= 11 is 4.26. The molecule has 3 aromatic rings. The summed E-state index contributed by atoms with van der Waals surface area (Å²) in [5.74, 6) is -4.42. The lowest BCUT2D eigenvalue weighted by molar-refractivity contribution is -0.147. The third-order valence-corrected chi connectivity index (χ3v) is 11.6. The van der Waals surface area contributed by atoms with E-state index >= 15 is 0 Å². The molecule has 13 heteroatoms. The molecule has 53 heavy (non-hydrogen) atoms. The Kier molecular flexibility index (Phi) is 11.9. The average Bonchev–Trinajstić information content (AvgIpc) is 3.08. The molecular weight excluding hydrogens is 768 g/mol. The number of benzene rings is 3. The summed E-state index contributed by atoms with van der Waals surface area (Å²) in [5.41, 5.74) is 2.10. The number of carboxylic acids is 1. The maximum Gasteiger partial charge on any atom is 0.353 e. The van der Waals surface area contributed by atoms with Gasteiger partial charge in [0.25, 0.3) is 0 Å². The van der Waals surface area contributed by atoms with Crippen molar-refractivity contribution < 1.29 is 53.5 Å². The summed E-state index contributed by atoms with van der Waals surface area (Å²) < 4.78 is 17.3. The van der Waals surface area contributed by atoms with Crippen LogP contribution >= 0.6 is 27.7 Å². The number of hydrogen-bond acceptors (Lipinski definition) is 11. The van der Waals surface area contributed by atoms with Crippen LogP contribution in [0.2, 0.25) is 0 Å². The topological polar surface area (TPSA) is 174 Å². The highest BCUT2D eigenvalue weighted by Crippen LogP contribution is 2.45. The molecule has 11 nitrogen and oxygen atoms in total. The largest absolute Gasteiger partial charge is 0.506 e. The Hall–Kier alpha value is -4.72. The minimum atomic E-state index is -2.24. The van der Waals surface area contributed by atoms with E-state index in [1.165, 1.54) is 19.9 Å². The van der Waals surface area contributed by atoms with Crippen LogP contribution in [0.15, 0.2) is 33.2 Å². The van der Waals surface area contributed by atoms with E-state index in [2.05, 4.69) is 15.9 Å². The minimum absolute atomic E-state index is 0.0654. The van der Waals surface area contributed by atoms with Gasteiger partial charge in [0.05, 0.1) is 11.1 Å². The smallest absolute Gasteiger partial charge is 0.353 e. The molecule has 0 aromatic heterocycles. The monoisotopic (exact) mass is 808 g/mol. The lowest BCUT2D eigenvalue weighted by Crippen LogP contribution is -2.46. The van der Waals surface area contributed by atoms with Crippen molar-refractivity contribution in [3.8, 4) is 23.0 Å². The van der Waals surface area contributed by atoms with Crippen molar-refractivity contribution in [3.63, 3.8) is 0 Å². The van der Waals surface area contributed by atoms with Gasteiger partial charge in [-0.25, -0.2) is 19.2 Å². The van der Waals surface area contributed by atoms with Crippen LogP contribution in [0.5, 0.6) is 23.0 Å². The first-order chi connectivity index (χ1) is 24.6. The SMILES string of the molecule is CCc1c(OC(=O)c2c(C)c(C)c(OC(=O)[C@@]3(O)C(C)=CC(=O)C=C3SC)c(Br)c2O)cc(C)c(C(=O)Oc2c(C)c(C)c(C(=O)O)c(C)c2C)c1C. The van der Waals surface area contributed by atoms with Crippen molar-refractivity contribution in [1.29, 1.82) is 0 Å². The number of phenols is 1. The van der Waals surface area contributed by atoms with Gasteiger partial charge in [0.1, 0.15) is 27.3 Å². The standard InChI is InChI=1S/C40H41BrO11S/c1-12-26-24(10)29(37(46)51-34-21(7)18(4)30(36(44)45)19(5)22(34)8)16(2)13-27(26)50-38(47)31-20(6)23(9)35(32(41)33(31)43)52-39(48)40(49)17(3)14-25(42)15-28(40)53-11/h13-15,43,49H,12H2,1-11H3,(H,44,45)/t40-/m1/s1. The molecule has 3 N–H and O–H groups in total. The number of ether oxygens (including phenoxy) is 3. The number of ketones is 1. The predicted molar refractivity (Wildman–Crippen MR) is 204 cm³/mol. The number of carbonyl (C=O) groups excluding carboxylic acids is 4. The molecule has 1 aliphatic carbocycles. The Labute approximate surface area is 320 Å². The first kappa shape index (κ1) is 41.0. The van der Waals surface area contributed by atoms with Gasteiger partial charge in [-0.1, -0.05) is 6.92 Å². The third kappa shape index (κ3) is 7.05. The van der Waals surface area contributed by atoms with Gasteiger partial charge >= 0.3 is 23.9 Å². The van der Waals surface area contributed by atoms with Crippen LogP contribution in [0.3, 0.4) is 0 Å². The number of hydrogen-bond donors (Lipinski definition) is 3. The van der Waals surface area contributed by atoms with Crippen LogP contribution in [-0.4, -0.2) is 56.8 Å². The molecule has 1 atom stereocenters. The number of aliphatic hydroxyl groups is 1. The zero-order chi connectivity index (χ0) is 40.0. The number of aromatic carboxylic acids is 1. The first-order valence-electron chi connectivity index (χ1n) is 16.5. The van der Waals surface area contributed by atoms with Gasteiger partial charge in [0, 0.05) is 4.91 Å². The number of carbonyl (C=O) groups is 5. The Morgan fingerprint density at radius 1 is 0.755 bits per heavy atom. The third-order valence-electron chi connectivity index (χ3n) is 9.99. The first-order valence-corrected chi connectivity index (χ1v) is 18.5. The second-order valence-electron chi connectivity index (χ2n) is 13.0. The Morgan fingerprint density at radius 2 is 1.28 bits per heavy atom. The molecule has 0 radical (unpaired) electrons. The normalized spacial score (nSPS) is 15.5. The molecule has 0 saturated carbocycles. The quantitative estimate of drug-likeness (QED) is 0.142. The number of thioether (sulfide) groups is 1. The highest BCUT2D eigenvalue weighted by Gasteiger charge is 2.46. The molecule has 0 heterocycles. The number of phenolic OH excluding ortho intramolecular Hbond substituents is 1. The molecule has 280 valence electrons. The molecular formula is C40H41BrO11S. The second kappa shape index (κ2) is 15.3. The van der Waals surface area contributed by atoms with Gasteiger partial charge in [-0.3, -0.25) is 4.79 Å². The Bertz CT molecular complexity index is 2150. The fraction of sp³-hybridized carbons (Fsp3) is 0.325. The summed E-state index contributed by atoms with van der Waals surface area (Å²) in [4.78, 5) is 65.0. The van der Waals surface area contributed by atoms with Crippen molar-refractivity contribution in [3.05, 3.63) is 99.9 Å². The maximum absolute atomic E-state index is 13.8. The number of halogens is 1. The van der Waals surface area contributed by atoms with E-state index in [1.807, 2.05) is 6.92 Å². The fourth-order valence-electron chi connectivity index (χ4n) is 6.59. The van der Waals surface area contributed by atoms with E-state index in [4.69, 9.17) is 14.2 Å². The summed E-state index contributed by atoms with van der Waals surface area (Å²) in [7, 11) is 0. The molecule has 0 bridgehead atoms. The lowest BCUT2D eigenvalue weighted by atomic mass is 9.89. The van der Waals surface area contributed by atoms with Crippen LogP contribution in [0, 0.1) is 55.4 Å².